The zero-order valence-electron chi connectivity index (χ0n) is 7.68. The number of nitrogens with one attached hydrogen (secondary N) is 1. The number of rotatable bonds is 2. The normalized spacial score (nSPS) is 48.2. The molecule has 2 saturated heterocycles. The van der Waals surface area contributed by atoms with E-state index in [9.17, 15) is 0 Å². The summed E-state index contributed by atoms with van der Waals surface area (Å²) in [7, 11) is 2.11. The third kappa shape index (κ3) is 0.826. The first-order valence-corrected chi connectivity index (χ1v) is 5.18. The van der Waals surface area contributed by atoms with Gasteiger partial charge in [0.05, 0.1) is 12.2 Å². The highest BCUT2D eigenvalue weighted by Gasteiger charge is 2.56. The van der Waals surface area contributed by atoms with E-state index in [0.29, 0.717) is 17.7 Å². The van der Waals surface area contributed by atoms with Crippen LogP contribution in [0.5, 0.6) is 0 Å². The van der Waals surface area contributed by atoms with Crippen molar-refractivity contribution in [3.05, 3.63) is 0 Å². The molecule has 3 atom stereocenters. The van der Waals surface area contributed by atoms with Crippen LogP contribution in [0, 0.1) is 5.92 Å². The molecule has 12 heavy (non-hydrogen) atoms. The van der Waals surface area contributed by atoms with Crippen molar-refractivity contribution in [2.45, 2.75) is 49.9 Å². The Morgan fingerprint density at radius 1 is 1.33 bits per heavy atom. The van der Waals surface area contributed by atoms with Crippen LogP contribution < -0.4 is 5.32 Å². The van der Waals surface area contributed by atoms with Crippen LogP contribution in [0.15, 0.2) is 0 Å². The highest BCUT2D eigenvalue weighted by Crippen LogP contribution is 2.53. The lowest BCUT2D eigenvalue weighted by molar-refractivity contribution is 0.0841. The van der Waals surface area contributed by atoms with Gasteiger partial charge in [0.25, 0.3) is 0 Å². The van der Waals surface area contributed by atoms with Gasteiger partial charge in [-0.25, -0.2) is 0 Å². The predicted molar refractivity (Wildman–Crippen MR) is 47.0 cm³/mol. The quantitative estimate of drug-likeness (QED) is 0.669. The molecule has 0 amide bonds. The molecular formula is C10H17NO. The Balaban J connectivity index is 1.78. The van der Waals surface area contributed by atoms with Crippen LogP contribution in [0.3, 0.4) is 0 Å². The fraction of sp³-hybridized carbons (Fsp3) is 1.00. The van der Waals surface area contributed by atoms with E-state index in [1.165, 1.54) is 32.1 Å². The van der Waals surface area contributed by atoms with Crippen LogP contribution >= 0.6 is 0 Å². The minimum Gasteiger partial charge on any atom is -0.375 e. The van der Waals surface area contributed by atoms with E-state index < -0.39 is 0 Å². The van der Waals surface area contributed by atoms with Gasteiger partial charge in [-0.1, -0.05) is 0 Å². The van der Waals surface area contributed by atoms with Crippen molar-refractivity contribution in [1.29, 1.82) is 0 Å². The van der Waals surface area contributed by atoms with E-state index in [4.69, 9.17) is 4.74 Å². The number of ether oxygens (including phenoxy) is 1. The maximum Gasteiger partial charge on any atom is 0.0626 e. The molecule has 0 radical (unpaired) electrons. The van der Waals surface area contributed by atoms with Gasteiger partial charge in [0.1, 0.15) is 0 Å². The van der Waals surface area contributed by atoms with E-state index in [2.05, 4.69) is 12.4 Å². The summed E-state index contributed by atoms with van der Waals surface area (Å²) in [6, 6.07) is 0. The first-order valence-electron chi connectivity index (χ1n) is 5.18. The van der Waals surface area contributed by atoms with Gasteiger partial charge in [0, 0.05) is 11.5 Å². The summed E-state index contributed by atoms with van der Waals surface area (Å²) in [5.74, 6) is 0.834. The van der Waals surface area contributed by atoms with Gasteiger partial charge in [-0.05, 0) is 39.2 Å². The highest BCUT2D eigenvalue weighted by atomic mass is 16.5. The van der Waals surface area contributed by atoms with Gasteiger partial charge in [-0.15, -0.1) is 0 Å². The molecule has 2 aliphatic heterocycles. The Hall–Kier alpha value is -0.0800. The minimum atomic E-state index is 0.500. The molecule has 3 aliphatic rings. The fourth-order valence-electron chi connectivity index (χ4n) is 3.16. The predicted octanol–water partition coefficient (Wildman–Crippen LogP) is 1.31. The van der Waals surface area contributed by atoms with E-state index in [1.807, 2.05) is 0 Å². The molecule has 0 aromatic heterocycles. The molecule has 1 saturated carbocycles. The molecule has 1 aliphatic carbocycles. The fourth-order valence-corrected chi connectivity index (χ4v) is 3.16. The molecule has 2 heterocycles. The molecule has 2 bridgehead atoms. The van der Waals surface area contributed by atoms with Crippen LogP contribution in [0.25, 0.3) is 0 Å². The van der Waals surface area contributed by atoms with Crippen molar-refractivity contribution < 1.29 is 4.74 Å². The van der Waals surface area contributed by atoms with Crippen molar-refractivity contribution >= 4 is 0 Å². The Morgan fingerprint density at radius 2 is 2.17 bits per heavy atom. The molecule has 68 valence electrons. The zero-order chi connectivity index (χ0) is 8.18. The Kier molecular flexibility index (Phi) is 1.37. The first-order chi connectivity index (χ1) is 5.84. The van der Waals surface area contributed by atoms with Crippen LogP contribution in [-0.4, -0.2) is 24.8 Å². The Morgan fingerprint density at radius 3 is 2.58 bits per heavy atom. The van der Waals surface area contributed by atoms with Crippen LogP contribution in [0.4, 0.5) is 0 Å². The summed E-state index contributed by atoms with van der Waals surface area (Å²) in [4.78, 5) is 0. The van der Waals surface area contributed by atoms with E-state index in [0.717, 1.165) is 5.92 Å². The SMILES string of the molecule is CNC1(C2CC3CCC2O3)CC1. The van der Waals surface area contributed by atoms with E-state index in [1.54, 1.807) is 0 Å². The van der Waals surface area contributed by atoms with E-state index >= 15 is 0 Å². The molecule has 2 nitrogen and oxygen atoms in total. The Labute approximate surface area is 73.7 Å². The highest BCUT2D eigenvalue weighted by molar-refractivity contribution is 5.12. The molecule has 3 rings (SSSR count). The lowest BCUT2D eigenvalue weighted by Gasteiger charge is -2.27. The molecular weight excluding hydrogens is 150 g/mol. The molecule has 0 aromatic rings. The van der Waals surface area contributed by atoms with Gasteiger partial charge in [-0.3, -0.25) is 0 Å². The lowest BCUT2D eigenvalue weighted by Crippen LogP contribution is -2.40. The van der Waals surface area contributed by atoms with Crippen LogP contribution in [0.2, 0.25) is 0 Å². The van der Waals surface area contributed by atoms with Crippen molar-refractivity contribution in [1.82, 2.24) is 5.32 Å². The van der Waals surface area contributed by atoms with Crippen molar-refractivity contribution in [2.24, 2.45) is 5.92 Å². The van der Waals surface area contributed by atoms with Crippen molar-refractivity contribution in [2.75, 3.05) is 7.05 Å². The smallest absolute Gasteiger partial charge is 0.0626 e. The van der Waals surface area contributed by atoms with Crippen LogP contribution in [-0.2, 0) is 4.74 Å². The maximum atomic E-state index is 5.87. The zero-order valence-corrected chi connectivity index (χ0v) is 7.68. The minimum absolute atomic E-state index is 0.500. The lowest BCUT2D eigenvalue weighted by atomic mass is 9.82. The van der Waals surface area contributed by atoms with Gasteiger partial charge in [0.2, 0.25) is 0 Å². The standard InChI is InChI=1S/C10H17NO/c1-11-10(4-5-10)8-6-7-2-3-9(8)12-7/h7-9,11H,2-6H2,1H3. The third-order valence-electron chi connectivity index (χ3n) is 4.10. The second-order valence-electron chi connectivity index (χ2n) is 4.62. The molecule has 2 heteroatoms. The molecule has 0 spiro atoms. The molecule has 3 unspecified atom stereocenters. The first kappa shape index (κ1) is 7.34. The average molecular weight is 167 g/mol. The summed E-state index contributed by atoms with van der Waals surface area (Å²) in [6.07, 6.45) is 7.93. The molecule has 0 aromatic carbocycles. The second kappa shape index (κ2) is 2.24. The molecule has 1 N–H and O–H groups in total. The van der Waals surface area contributed by atoms with Gasteiger partial charge in [-0.2, -0.15) is 0 Å². The topological polar surface area (TPSA) is 21.3 Å². The number of fused-ring (bicyclic) bond motifs is 2. The van der Waals surface area contributed by atoms with Gasteiger partial charge < -0.3 is 10.1 Å². The van der Waals surface area contributed by atoms with Crippen LogP contribution in [0.1, 0.15) is 32.1 Å². The summed E-state index contributed by atoms with van der Waals surface area (Å²) in [6.45, 7) is 0. The monoisotopic (exact) mass is 167 g/mol. The largest absolute Gasteiger partial charge is 0.375 e. The van der Waals surface area contributed by atoms with Gasteiger partial charge >= 0.3 is 0 Å². The second-order valence-corrected chi connectivity index (χ2v) is 4.62. The molecule has 3 fully saturated rings. The number of hydrogen-bond donors (Lipinski definition) is 1. The number of hydrogen-bond acceptors (Lipinski definition) is 2. The average Bonchev–Trinajstić information content (AvgIpc) is 2.62. The van der Waals surface area contributed by atoms with Crippen molar-refractivity contribution in [3.8, 4) is 0 Å². The Bertz CT molecular complexity index is 200. The van der Waals surface area contributed by atoms with Gasteiger partial charge in [0.15, 0.2) is 0 Å². The summed E-state index contributed by atoms with van der Waals surface area (Å²) in [5.41, 5.74) is 0.500. The maximum absolute atomic E-state index is 5.87. The summed E-state index contributed by atoms with van der Waals surface area (Å²) in [5, 5.41) is 3.50. The van der Waals surface area contributed by atoms with E-state index in [-0.39, 0.29) is 0 Å². The van der Waals surface area contributed by atoms with Crippen molar-refractivity contribution in [3.63, 3.8) is 0 Å². The third-order valence-corrected chi connectivity index (χ3v) is 4.10. The summed E-state index contributed by atoms with van der Waals surface area (Å²) < 4.78 is 5.87. The summed E-state index contributed by atoms with van der Waals surface area (Å²) >= 11 is 0.